The molecule has 0 saturated carbocycles. The fourth-order valence-corrected chi connectivity index (χ4v) is 2.06. The Hall–Kier alpha value is -0.400. The van der Waals surface area contributed by atoms with E-state index >= 15 is 0 Å². The molecule has 0 bridgehead atoms. The van der Waals surface area contributed by atoms with E-state index in [1.54, 1.807) is 11.8 Å². The quantitative estimate of drug-likeness (QED) is 0.418. The summed E-state index contributed by atoms with van der Waals surface area (Å²) in [7, 11) is 0. The van der Waals surface area contributed by atoms with Gasteiger partial charge in [-0.25, -0.2) is 0 Å². The highest BCUT2D eigenvalue weighted by molar-refractivity contribution is 7.99. The molecule has 0 heterocycles. The van der Waals surface area contributed by atoms with Crippen LogP contribution in [0.5, 0.6) is 0 Å². The van der Waals surface area contributed by atoms with Gasteiger partial charge in [0.1, 0.15) is 0 Å². The molecular weight excluding hydrogens is 212 g/mol. The smallest absolute Gasteiger partial charge is 0.0715 e. The number of rotatable bonds is 4. The summed E-state index contributed by atoms with van der Waals surface area (Å²) in [4.78, 5) is 0.946. The van der Waals surface area contributed by atoms with Crippen molar-refractivity contribution in [2.24, 2.45) is 0 Å². The molecular formula is C12H15ClS. The second-order valence-corrected chi connectivity index (χ2v) is 5.46. The molecule has 0 aliphatic carbocycles. The number of alkyl halides is 1. The maximum Gasteiger partial charge on any atom is 0.0715 e. The highest BCUT2D eigenvalue weighted by Gasteiger charge is 2.21. The van der Waals surface area contributed by atoms with Crippen molar-refractivity contribution in [1.29, 1.82) is 0 Å². The van der Waals surface area contributed by atoms with Gasteiger partial charge in [-0.15, -0.1) is 23.4 Å². The molecule has 0 N–H and O–H groups in total. The van der Waals surface area contributed by atoms with Gasteiger partial charge >= 0.3 is 0 Å². The molecule has 2 heteroatoms. The van der Waals surface area contributed by atoms with Gasteiger partial charge in [-0.3, -0.25) is 0 Å². The minimum absolute atomic E-state index is 0.305. The van der Waals surface area contributed by atoms with E-state index < -0.39 is 0 Å². The lowest BCUT2D eigenvalue weighted by molar-refractivity contribution is 0.835. The highest BCUT2D eigenvalue weighted by Crippen LogP contribution is 2.30. The van der Waals surface area contributed by atoms with Gasteiger partial charge in [-0.1, -0.05) is 30.4 Å². The van der Waals surface area contributed by atoms with Crippen molar-refractivity contribution < 1.29 is 0 Å². The average molecular weight is 227 g/mol. The Morgan fingerprint density at radius 3 is 2.50 bits per heavy atom. The van der Waals surface area contributed by atoms with E-state index in [1.165, 1.54) is 4.90 Å². The first-order chi connectivity index (χ1) is 6.52. The van der Waals surface area contributed by atoms with Crippen LogP contribution in [0.25, 0.3) is 0 Å². The zero-order valence-corrected chi connectivity index (χ0v) is 10.2. The zero-order valence-electron chi connectivity index (χ0n) is 8.59. The first kappa shape index (κ1) is 11.7. The van der Waals surface area contributed by atoms with E-state index in [0.29, 0.717) is 0 Å². The van der Waals surface area contributed by atoms with Gasteiger partial charge in [0.15, 0.2) is 0 Å². The maximum absolute atomic E-state index is 6.30. The van der Waals surface area contributed by atoms with Gasteiger partial charge in [0, 0.05) is 10.6 Å². The summed E-state index contributed by atoms with van der Waals surface area (Å²) in [6.07, 6.45) is 0. The second-order valence-electron chi connectivity index (χ2n) is 3.58. The molecule has 1 aromatic carbocycles. The van der Waals surface area contributed by atoms with E-state index in [-0.39, 0.29) is 4.87 Å². The van der Waals surface area contributed by atoms with E-state index in [4.69, 9.17) is 11.6 Å². The van der Waals surface area contributed by atoms with Crippen LogP contribution in [0.3, 0.4) is 0 Å². The largest absolute Gasteiger partial charge is 0.124 e. The average Bonchev–Trinajstić information content (AvgIpc) is 2.16. The van der Waals surface area contributed by atoms with Crippen LogP contribution in [0.1, 0.15) is 13.8 Å². The summed E-state index contributed by atoms with van der Waals surface area (Å²) in [5.74, 6) is 0.855. The third-order valence-electron chi connectivity index (χ3n) is 2.14. The Labute approximate surface area is 95.4 Å². The highest BCUT2D eigenvalue weighted by atomic mass is 35.5. The molecule has 0 saturated heterocycles. The normalized spacial score (nSPS) is 14.8. The summed E-state index contributed by atoms with van der Waals surface area (Å²) in [6, 6.07) is 10.3. The molecule has 76 valence electrons. The van der Waals surface area contributed by atoms with E-state index in [9.17, 15) is 0 Å². The van der Waals surface area contributed by atoms with Crippen molar-refractivity contribution in [3.63, 3.8) is 0 Å². The van der Waals surface area contributed by atoms with Crippen molar-refractivity contribution in [1.82, 2.24) is 0 Å². The molecule has 1 aromatic rings. The van der Waals surface area contributed by atoms with Gasteiger partial charge in [-0.05, 0) is 26.0 Å². The molecule has 14 heavy (non-hydrogen) atoms. The first-order valence-electron chi connectivity index (χ1n) is 4.55. The fraction of sp³-hybridized carbons (Fsp3) is 0.333. The van der Waals surface area contributed by atoms with Gasteiger partial charge in [-0.2, -0.15) is 0 Å². The van der Waals surface area contributed by atoms with E-state index in [0.717, 1.165) is 11.3 Å². The van der Waals surface area contributed by atoms with Crippen LogP contribution in [0.4, 0.5) is 0 Å². The number of halogens is 1. The minimum Gasteiger partial charge on any atom is -0.124 e. The number of hydrogen-bond acceptors (Lipinski definition) is 1. The Bertz CT molecular complexity index is 303. The van der Waals surface area contributed by atoms with Crippen LogP contribution < -0.4 is 0 Å². The summed E-state index contributed by atoms with van der Waals surface area (Å²) in [6.45, 7) is 7.87. The molecule has 0 aromatic heterocycles. The third kappa shape index (κ3) is 3.39. The number of hydrogen-bond donors (Lipinski definition) is 0. The molecule has 0 amide bonds. The van der Waals surface area contributed by atoms with Crippen molar-refractivity contribution >= 4 is 23.4 Å². The first-order valence-corrected chi connectivity index (χ1v) is 5.91. The van der Waals surface area contributed by atoms with Crippen molar-refractivity contribution in [2.75, 3.05) is 5.75 Å². The number of allylic oxidation sites excluding steroid dienone is 1. The molecule has 0 fully saturated rings. The van der Waals surface area contributed by atoms with Crippen LogP contribution in [0.15, 0.2) is 47.4 Å². The predicted octanol–water partition coefficient (Wildman–Crippen LogP) is 4.35. The van der Waals surface area contributed by atoms with Crippen LogP contribution in [0.2, 0.25) is 0 Å². The second kappa shape index (κ2) is 4.90. The summed E-state index contributed by atoms with van der Waals surface area (Å²) < 4.78 is 0. The van der Waals surface area contributed by atoms with Gasteiger partial charge in [0.05, 0.1) is 4.87 Å². The zero-order chi connectivity index (χ0) is 10.6. The number of thioether (sulfide) groups is 1. The van der Waals surface area contributed by atoms with Gasteiger partial charge < -0.3 is 0 Å². The third-order valence-corrected chi connectivity index (χ3v) is 4.08. The van der Waals surface area contributed by atoms with Gasteiger partial charge in [0.2, 0.25) is 0 Å². The molecule has 1 rings (SSSR count). The molecule has 0 aliphatic rings. The van der Waals surface area contributed by atoms with Gasteiger partial charge in [0.25, 0.3) is 0 Å². The topological polar surface area (TPSA) is 0 Å². The Morgan fingerprint density at radius 1 is 1.43 bits per heavy atom. The fourth-order valence-electron chi connectivity index (χ4n) is 0.859. The van der Waals surface area contributed by atoms with E-state index in [1.807, 2.05) is 32.0 Å². The minimum atomic E-state index is -0.305. The molecule has 0 spiro atoms. The van der Waals surface area contributed by atoms with Crippen molar-refractivity contribution in [3.05, 3.63) is 42.5 Å². The predicted molar refractivity (Wildman–Crippen MR) is 66.2 cm³/mol. The summed E-state index contributed by atoms with van der Waals surface area (Å²) in [5.41, 5.74) is 1.02. The molecule has 1 atom stereocenters. The molecule has 0 radical (unpaired) electrons. The van der Waals surface area contributed by atoms with Crippen LogP contribution in [-0.4, -0.2) is 10.6 Å². The lowest BCUT2D eigenvalue weighted by Gasteiger charge is -2.21. The van der Waals surface area contributed by atoms with Crippen molar-refractivity contribution in [2.45, 2.75) is 23.6 Å². The maximum atomic E-state index is 6.30. The molecule has 0 aliphatic heterocycles. The summed E-state index contributed by atoms with van der Waals surface area (Å²) in [5, 5.41) is 0. The lowest BCUT2D eigenvalue weighted by atomic mass is 10.1. The SMILES string of the molecule is C=C(C)C(C)(Cl)CSc1ccccc1. The van der Waals surface area contributed by atoms with Crippen molar-refractivity contribution in [3.8, 4) is 0 Å². The van der Waals surface area contributed by atoms with Crippen LogP contribution in [0, 0.1) is 0 Å². The monoisotopic (exact) mass is 226 g/mol. The lowest BCUT2D eigenvalue weighted by Crippen LogP contribution is -2.20. The Morgan fingerprint density at radius 2 is 2.00 bits per heavy atom. The Balaban J connectivity index is 2.53. The van der Waals surface area contributed by atoms with Crippen LogP contribution in [-0.2, 0) is 0 Å². The Kier molecular flexibility index (Phi) is 4.09. The number of benzene rings is 1. The van der Waals surface area contributed by atoms with Crippen LogP contribution >= 0.6 is 23.4 Å². The standard InChI is InChI=1S/C12H15ClS/c1-10(2)12(3,13)9-14-11-7-5-4-6-8-11/h4-8H,1,9H2,2-3H3. The summed E-state index contributed by atoms with van der Waals surface area (Å²) >= 11 is 8.06. The molecule has 1 unspecified atom stereocenters. The molecule has 0 nitrogen and oxygen atoms in total. The van der Waals surface area contributed by atoms with E-state index in [2.05, 4.69) is 18.7 Å².